The third-order valence-electron chi connectivity index (χ3n) is 5.18. The predicted octanol–water partition coefficient (Wildman–Crippen LogP) is 4.40. The number of likely N-dealkylation sites (tertiary alicyclic amines) is 1. The molecule has 2 heterocycles. The van der Waals surface area contributed by atoms with E-state index in [1.54, 1.807) is 11.3 Å². The molecular formula is C22H24N2OS. The molecule has 3 aromatic rings. The van der Waals surface area contributed by atoms with E-state index >= 15 is 0 Å². The molecule has 1 atom stereocenters. The van der Waals surface area contributed by atoms with E-state index in [-0.39, 0.29) is 5.91 Å². The van der Waals surface area contributed by atoms with Crippen LogP contribution in [-0.2, 0) is 11.2 Å². The van der Waals surface area contributed by atoms with Crippen LogP contribution in [0.25, 0.3) is 10.8 Å². The van der Waals surface area contributed by atoms with Crippen molar-refractivity contribution >= 4 is 28.0 Å². The van der Waals surface area contributed by atoms with Crippen molar-refractivity contribution in [3.8, 4) is 0 Å². The third kappa shape index (κ3) is 3.81. The Kier molecular flexibility index (Phi) is 5.32. The van der Waals surface area contributed by atoms with Crippen molar-refractivity contribution in [1.29, 1.82) is 0 Å². The van der Waals surface area contributed by atoms with Crippen molar-refractivity contribution < 1.29 is 4.79 Å². The Labute approximate surface area is 158 Å². The molecule has 1 unspecified atom stereocenters. The van der Waals surface area contributed by atoms with Gasteiger partial charge in [-0.1, -0.05) is 48.5 Å². The molecule has 1 saturated heterocycles. The number of rotatable bonds is 6. The summed E-state index contributed by atoms with van der Waals surface area (Å²) in [5.74, 6) is 0.0992. The number of fused-ring (bicyclic) bond motifs is 1. The van der Waals surface area contributed by atoms with Crippen molar-refractivity contribution in [2.75, 3.05) is 19.6 Å². The second-order valence-corrected chi connectivity index (χ2v) is 7.87. The fourth-order valence-corrected chi connectivity index (χ4v) is 4.70. The highest BCUT2D eigenvalue weighted by Crippen LogP contribution is 2.28. The summed E-state index contributed by atoms with van der Waals surface area (Å²) < 4.78 is 0. The summed E-state index contributed by atoms with van der Waals surface area (Å²) in [4.78, 5) is 16.5. The Morgan fingerprint density at radius 1 is 1.04 bits per heavy atom. The Bertz CT molecular complexity index is 863. The molecule has 1 aliphatic heterocycles. The molecule has 0 radical (unpaired) electrons. The van der Waals surface area contributed by atoms with Crippen molar-refractivity contribution in [3.05, 3.63) is 70.4 Å². The molecule has 26 heavy (non-hydrogen) atoms. The monoisotopic (exact) mass is 364 g/mol. The molecule has 134 valence electrons. The second-order valence-electron chi connectivity index (χ2n) is 6.89. The highest BCUT2D eigenvalue weighted by Gasteiger charge is 2.24. The van der Waals surface area contributed by atoms with E-state index in [1.807, 2.05) is 18.2 Å². The zero-order valence-electron chi connectivity index (χ0n) is 14.9. The van der Waals surface area contributed by atoms with E-state index in [0.717, 1.165) is 18.7 Å². The minimum absolute atomic E-state index is 0.0992. The first-order valence-electron chi connectivity index (χ1n) is 9.32. The zero-order valence-corrected chi connectivity index (χ0v) is 15.7. The van der Waals surface area contributed by atoms with Crippen LogP contribution >= 0.6 is 11.3 Å². The van der Waals surface area contributed by atoms with E-state index in [1.165, 1.54) is 28.5 Å². The molecule has 0 saturated carbocycles. The highest BCUT2D eigenvalue weighted by atomic mass is 32.1. The van der Waals surface area contributed by atoms with Gasteiger partial charge < -0.3 is 5.32 Å². The van der Waals surface area contributed by atoms with E-state index in [9.17, 15) is 4.79 Å². The number of amides is 1. The molecule has 3 nitrogen and oxygen atoms in total. The summed E-state index contributed by atoms with van der Waals surface area (Å²) in [5.41, 5.74) is 1.09. The lowest BCUT2D eigenvalue weighted by molar-refractivity contribution is -0.120. The number of carbonyl (C=O) groups is 1. The van der Waals surface area contributed by atoms with E-state index in [0.29, 0.717) is 19.0 Å². The van der Waals surface area contributed by atoms with Crippen LogP contribution in [0.15, 0.2) is 60.0 Å². The third-order valence-corrected chi connectivity index (χ3v) is 6.15. The summed E-state index contributed by atoms with van der Waals surface area (Å²) in [6, 6.07) is 19.0. The summed E-state index contributed by atoms with van der Waals surface area (Å²) in [6.07, 6.45) is 2.94. The van der Waals surface area contributed by atoms with Gasteiger partial charge in [0.05, 0.1) is 12.5 Å². The van der Waals surface area contributed by atoms with Gasteiger partial charge in [-0.15, -0.1) is 11.3 Å². The zero-order chi connectivity index (χ0) is 17.8. The van der Waals surface area contributed by atoms with Crippen LogP contribution in [0.1, 0.15) is 29.3 Å². The molecule has 1 amide bonds. The molecule has 1 N–H and O–H groups in total. The van der Waals surface area contributed by atoms with Crippen molar-refractivity contribution in [2.45, 2.75) is 25.3 Å². The maximum absolute atomic E-state index is 12.6. The number of benzene rings is 2. The van der Waals surface area contributed by atoms with Gasteiger partial charge in [0.15, 0.2) is 0 Å². The van der Waals surface area contributed by atoms with Crippen LogP contribution in [0.3, 0.4) is 0 Å². The number of hydrogen-bond donors (Lipinski definition) is 1. The fraction of sp³-hybridized carbons (Fsp3) is 0.318. The Hall–Kier alpha value is -2.17. The van der Waals surface area contributed by atoms with Crippen LogP contribution in [-0.4, -0.2) is 30.4 Å². The smallest absolute Gasteiger partial charge is 0.224 e. The van der Waals surface area contributed by atoms with Crippen molar-refractivity contribution in [1.82, 2.24) is 10.2 Å². The molecule has 0 bridgehead atoms. The first kappa shape index (κ1) is 17.3. The average molecular weight is 365 g/mol. The van der Waals surface area contributed by atoms with Gasteiger partial charge in [0, 0.05) is 11.4 Å². The van der Waals surface area contributed by atoms with Crippen molar-refractivity contribution in [3.63, 3.8) is 0 Å². The number of thiophene rings is 1. The van der Waals surface area contributed by atoms with Crippen molar-refractivity contribution in [2.24, 2.45) is 0 Å². The van der Waals surface area contributed by atoms with Gasteiger partial charge in [-0.3, -0.25) is 9.69 Å². The average Bonchev–Trinajstić information content (AvgIpc) is 3.37. The molecule has 4 heteroatoms. The summed E-state index contributed by atoms with van der Waals surface area (Å²) in [7, 11) is 0. The maximum atomic E-state index is 12.6. The Morgan fingerprint density at radius 2 is 1.85 bits per heavy atom. The topological polar surface area (TPSA) is 32.3 Å². The normalized spacial score (nSPS) is 16.0. The molecule has 1 fully saturated rings. The first-order chi connectivity index (χ1) is 12.8. The minimum Gasteiger partial charge on any atom is -0.354 e. The number of nitrogens with one attached hydrogen (secondary N) is 1. The van der Waals surface area contributed by atoms with Crippen LogP contribution in [0, 0.1) is 0 Å². The van der Waals surface area contributed by atoms with Gasteiger partial charge in [0.2, 0.25) is 5.91 Å². The molecule has 0 aliphatic carbocycles. The molecule has 1 aromatic heterocycles. The standard InChI is InChI=1S/C22H24N2OS/c25-22(15-18-9-5-8-17-7-1-2-10-19(17)18)23-16-20(21-11-6-14-26-21)24-12-3-4-13-24/h1-2,5-11,14,20H,3-4,12-13,15-16H2,(H,23,25). The van der Waals surface area contributed by atoms with E-state index in [2.05, 4.69) is 52.0 Å². The quantitative estimate of drug-likeness (QED) is 0.703. The van der Waals surface area contributed by atoms with Gasteiger partial charge in [-0.05, 0) is 53.7 Å². The number of nitrogens with zero attached hydrogens (tertiary/aromatic N) is 1. The summed E-state index contributed by atoms with van der Waals surface area (Å²) >= 11 is 1.78. The van der Waals surface area contributed by atoms with Gasteiger partial charge in [0.1, 0.15) is 0 Å². The molecular weight excluding hydrogens is 340 g/mol. The lowest BCUT2D eigenvalue weighted by atomic mass is 10.0. The van der Waals surface area contributed by atoms with Gasteiger partial charge >= 0.3 is 0 Å². The number of carbonyl (C=O) groups excluding carboxylic acids is 1. The molecule has 4 rings (SSSR count). The second kappa shape index (κ2) is 8.02. The van der Waals surface area contributed by atoms with Gasteiger partial charge in [-0.25, -0.2) is 0 Å². The predicted molar refractivity (Wildman–Crippen MR) is 109 cm³/mol. The fourth-order valence-electron chi connectivity index (χ4n) is 3.84. The minimum atomic E-state index is 0.0992. The van der Waals surface area contributed by atoms with Crippen LogP contribution in [0.4, 0.5) is 0 Å². The lowest BCUT2D eigenvalue weighted by Gasteiger charge is -2.27. The SMILES string of the molecule is O=C(Cc1cccc2ccccc12)NCC(c1cccs1)N1CCCC1. The largest absolute Gasteiger partial charge is 0.354 e. The highest BCUT2D eigenvalue weighted by molar-refractivity contribution is 7.10. The molecule has 0 spiro atoms. The summed E-state index contributed by atoms with van der Waals surface area (Å²) in [6.45, 7) is 2.94. The summed E-state index contributed by atoms with van der Waals surface area (Å²) in [5, 5.41) is 7.66. The van der Waals surface area contributed by atoms with Gasteiger partial charge in [-0.2, -0.15) is 0 Å². The lowest BCUT2D eigenvalue weighted by Crippen LogP contribution is -2.37. The van der Waals surface area contributed by atoms with Gasteiger partial charge in [0.25, 0.3) is 0 Å². The van der Waals surface area contributed by atoms with E-state index in [4.69, 9.17) is 0 Å². The maximum Gasteiger partial charge on any atom is 0.224 e. The Balaban J connectivity index is 1.43. The van der Waals surface area contributed by atoms with Crippen LogP contribution in [0.5, 0.6) is 0 Å². The van der Waals surface area contributed by atoms with E-state index < -0.39 is 0 Å². The molecule has 2 aromatic carbocycles. The first-order valence-corrected chi connectivity index (χ1v) is 10.2. The molecule has 1 aliphatic rings. The van der Waals surface area contributed by atoms with Crippen LogP contribution in [0.2, 0.25) is 0 Å². The number of hydrogen-bond acceptors (Lipinski definition) is 3. The van der Waals surface area contributed by atoms with Crippen LogP contribution < -0.4 is 5.32 Å². The Morgan fingerprint density at radius 3 is 2.65 bits per heavy atom.